The maximum atomic E-state index is 13.4. The lowest BCUT2D eigenvalue weighted by molar-refractivity contribution is -0.116. The summed E-state index contributed by atoms with van der Waals surface area (Å²) in [6, 6.07) is 35.0. The summed E-state index contributed by atoms with van der Waals surface area (Å²) in [5.41, 5.74) is -0.363. The van der Waals surface area contributed by atoms with Gasteiger partial charge in [-0.1, -0.05) is 54.6 Å². The van der Waals surface area contributed by atoms with Crippen LogP contribution in [-0.4, -0.2) is 11.6 Å². The second-order valence-electron chi connectivity index (χ2n) is 7.50. The first-order valence-corrected chi connectivity index (χ1v) is 12.9. The number of carbonyl (C=O) groups is 2. The smallest absolute Gasteiger partial charge is 0.176 e. The van der Waals surface area contributed by atoms with Crippen molar-refractivity contribution >= 4 is 46.1 Å². The Morgan fingerprint density at radius 1 is 0.645 bits per heavy atom. The zero-order chi connectivity index (χ0) is 21.8. The Labute approximate surface area is 187 Å². The van der Waals surface area contributed by atoms with E-state index >= 15 is 0 Å². The average molecular weight is 444 g/mol. The van der Waals surface area contributed by atoms with E-state index in [1.54, 1.807) is 13.8 Å². The van der Waals surface area contributed by atoms with Gasteiger partial charge in [0.2, 0.25) is 0 Å². The molecule has 4 heteroatoms. The Hall–Kier alpha value is -2.87. The molecule has 2 nitrogen and oxygen atoms in total. The van der Waals surface area contributed by atoms with Gasteiger partial charge >= 0.3 is 0 Å². The van der Waals surface area contributed by atoms with Crippen molar-refractivity contribution in [3.8, 4) is 0 Å². The fourth-order valence-corrected chi connectivity index (χ4v) is 10.5. The quantitative estimate of drug-likeness (QED) is 0.276. The van der Waals surface area contributed by atoms with Gasteiger partial charge in [-0.2, -0.15) is 0 Å². The predicted molar refractivity (Wildman–Crippen MR) is 133 cm³/mol. The number of hydrogen-bond donors (Lipinski definition) is 0. The highest BCUT2D eigenvalue weighted by atomic mass is 32.1. The summed E-state index contributed by atoms with van der Waals surface area (Å²) in [4.78, 5) is 27.1. The summed E-state index contributed by atoms with van der Waals surface area (Å²) in [5, 5.41) is 3.47. The van der Waals surface area contributed by atoms with Gasteiger partial charge in [0, 0.05) is 0 Å². The largest absolute Gasteiger partial charge is 0.295 e. The maximum absolute atomic E-state index is 13.4. The third-order valence-electron chi connectivity index (χ3n) is 5.51. The van der Waals surface area contributed by atoms with Gasteiger partial charge < -0.3 is 0 Å². The minimum atomic E-state index is -2.41. The molecular weight excluding hydrogens is 419 g/mol. The van der Waals surface area contributed by atoms with Crippen LogP contribution in [0.1, 0.15) is 34.1 Å². The standard InChI is InChI=1S/C27H24O2PS/c1-20(28)25-18-19-26(31-25)27(21(2)29)30(22-12-6-3-7-13-22,23-14-8-4-9-15-23)24-16-10-5-11-17-24/h3-19,27H,1-2H3/q+1. The van der Waals surface area contributed by atoms with E-state index in [4.69, 9.17) is 0 Å². The van der Waals surface area contributed by atoms with E-state index in [0.29, 0.717) is 4.88 Å². The van der Waals surface area contributed by atoms with Gasteiger partial charge in [-0.25, -0.2) is 0 Å². The molecule has 31 heavy (non-hydrogen) atoms. The zero-order valence-corrected chi connectivity index (χ0v) is 19.3. The summed E-state index contributed by atoms with van der Waals surface area (Å²) in [5.74, 6) is 0.142. The van der Waals surface area contributed by atoms with Crippen LogP contribution in [0.15, 0.2) is 103 Å². The van der Waals surface area contributed by atoms with E-state index in [1.165, 1.54) is 11.3 Å². The Kier molecular flexibility index (Phi) is 6.27. The molecule has 4 rings (SSSR count). The number of thiophene rings is 1. The molecule has 0 fully saturated rings. The van der Waals surface area contributed by atoms with Crippen molar-refractivity contribution in [2.45, 2.75) is 19.5 Å². The van der Waals surface area contributed by atoms with Crippen molar-refractivity contribution in [2.75, 3.05) is 0 Å². The van der Waals surface area contributed by atoms with Crippen molar-refractivity contribution < 1.29 is 9.59 Å². The highest BCUT2D eigenvalue weighted by Gasteiger charge is 2.55. The number of Topliss-reactive ketones (excluding diaryl/α,β-unsaturated/α-hetero) is 2. The molecule has 154 valence electrons. The van der Waals surface area contributed by atoms with Gasteiger partial charge in [-0.3, -0.25) is 9.59 Å². The van der Waals surface area contributed by atoms with E-state index in [0.717, 1.165) is 20.8 Å². The first-order chi connectivity index (χ1) is 15.0. The fourth-order valence-electron chi connectivity index (χ4n) is 4.24. The van der Waals surface area contributed by atoms with Crippen LogP contribution in [0, 0.1) is 0 Å². The van der Waals surface area contributed by atoms with Crippen LogP contribution in [0.4, 0.5) is 0 Å². The third-order valence-corrected chi connectivity index (χ3v) is 11.7. The second-order valence-corrected chi connectivity index (χ2v) is 12.1. The maximum Gasteiger partial charge on any atom is 0.176 e. The SMILES string of the molecule is CC(=O)c1ccc(C(C(C)=O)[P+](c2ccccc2)(c2ccccc2)c2ccccc2)s1. The second kappa shape index (κ2) is 9.09. The molecule has 0 saturated carbocycles. The molecule has 0 saturated heterocycles. The molecule has 1 heterocycles. The summed E-state index contributed by atoms with van der Waals surface area (Å²) < 4.78 is 0. The van der Waals surface area contributed by atoms with Crippen LogP contribution in [0.2, 0.25) is 0 Å². The van der Waals surface area contributed by atoms with Crippen molar-refractivity contribution in [2.24, 2.45) is 0 Å². The molecule has 1 unspecified atom stereocenters. The topological polar surface area (TPSA) is 34.1 Å². The van der Waals surface area contributed by atoms with Crippen LogP contribution in [0.3, 0.4) is 0 Å². The van der Waals surface area contributed by atoms with Gasteiger partial charge in [-0.15, -0.1) is 11.3 Å². The van der Waals surface area contributed by atoms with Crippen molar-refractivity contribution in [3.05, 3.63) is 113 Å². The van der Waals surface area contributed by atoms with Gasteiger partial charge in [0.1, 0.15) is 23.2 Å². The van der Waals surface area contributed by atoms with Gasteiger partial charge in [0.15, 0.2) is 17.2 Å². The van der Waals surface area contributed by atoms with Crippen LogP contribution in [0.5, 0.6) is 0 Å². The molecule has 0 radical (unpaired) electrons. The number of carbonyl (C=O) groups excluding carboxylic acids is 2. The minimum absolute atomic E-state index is 0.0293. The van der Waals surface area contributed by atoms with E-state index < -0.39 is 7.26 Å². The lowest BCUT2D eigenvalue weighted by Gasteiger charge is -2.33. The molecule has 0 aliphatic carbocycles. The molecule has 1 atom stereocenters. The zero-order valence-electron chi connectivity index (χ0n) is 17.6. The van der Waals surface area contributed by atoms with Crippen LogP contribution in [-0.2, 0) is 4.79 Å². The molecular formula is C27H24O2PS+. The molecule has 0 amide bonds. The van der Waals surface area contributed by atoms with E-state index in [-0.39, 0.29) is 17.2 Å². The highest BCUT2D eigenvalue weighted by molar-refractivity contribution is 7.96. The highest BCUT2D eigenvalue weighted by Crippen LogP contribution is 2.67. The van der Waals surface area contributed by atoms with Crippen molar-refractivity contribution in [1.82, 2.24) is 0 Å². The summed E-state index contributed by atoms with van der Waals surface area (Å²) >= 11 is 1.45. The van der Waals surface area contributed by atoms with Crippen LogP contribution >= 0.6 is 18.6 Å². The first kappa shape index (κ1) is 21.4. The molecule has 0 bridgehead atoms. The molecule has 0 spiro atoms. The number of ketones is 2. The van der Waals surface area contributed by atoms with Gasteiger partial charge in [0.05, 0.1) is 9.75 Å². The summed E-state index contributed by atoms with van der Waals surface area (Å²) in [6.45, 7) is 3.26. The van der Waals surface area contributed by atoms with Gasteiger partial charge in [0.25, 0.3) is 0 Å². The summed E-state index contributed by atoms with van der Waals surface area (Å²) in [6.07, 6.45) is 0. The number of rotatable bonds is 7. The molecule has 3 aromatic carbocycles. The molecule has 0 aliphatic rings. The van der Waals surface area contributed by atoms with E-state index in [2.05, 4.69) is 36.4 Å². The molecule has 4 aromatic rings. The number of benzene rings is 3. The van der Waals surface area contributed by atoms with Gasteiger partial charge in [-0.05, 0) is 62.4 Å². The Bertz CT molecular complexity index is 1090. The Balaban J connectivity index is 2.12. The molecule has 0 aliphatic heterocycles. The first-order valence-electron chi connectivity index (χ1n) is 10.2. The fraction of sp³-hybridized carbons (Fsp3) is 0.111. The van der Waals surface area contributed by atoms with Crippen molar-refractivity contribution in [3.63, 3.8) is 0 Å². The number of hydrogen-bond acceptors (Lipinski definition) is 3. The lowest BCUT2D eigenvalue weighted by atomic mass is 10.2. The van der Waals surface area contributed by atoms with Crippen LogP contribution in [0.25, 0.3) is 0 Å². The Morgan fingerprint density at radius 2 is 1.06 bits per heavy atom. The van der Waals surface area contributed by atoms with Crippen LogP contribution < -0.4 is 15.9 Å². The lowest BCUT2D eigenvalue weighted by Crippen LogP contribution is -2.37. The molecule has 1 aromatic heterocycles. The monoisotopic (exact) mass is 443 g/mol. The van der Waals surface area contributed by atoms with E-state index in [9.17, 15) is 9.59 Å². The minimum Gasteiger partial charge on any atom is -0.295 e. The average Bonchev–Trinajstić information content (AvgIpc) is 3.29. The normalized spacial score (nSPS) is 12.3. The third kappa shape index (κ3) is 3.92. The Morgan fingerprint density at radius 3 is 1.39 bits per heavy atom. The summed E-state index contributed by atoms with van der Waals surface area (Å²) in [7, 11) is -2.41. The molecule has 0 N–H and O–H groups in total. The van der Waals surface area contributed by atoms with E-state index in [1.807, 2.05) is 66.7 Å². The van der Waals surface area contributed by atoms with Crippen molar-refractivity contribution in [1.29, 1.82) is 0 Å². The predicted octanol–water partition coefficient (Wildman–Crippen LogP) is 5.57.